The third kappa shape index (κ3) is 43.3. The van der Waals surface area contributed by atoms with E-state index in [1.807, 2.05) is 5.32 Å². The summed E-state index contributed by atoms with van der Waals surface area (Å²) >= 11 is 0. The Morgan fingerprint density at radius 1 is 0.315 bits per heavy atom. The SMILES string of the molecule is CC(C)C[C@H](NC(=O)CNC(=O)[C@H](Cc1ccccc1)NC(=O)[C@@H](NC(=O)[C@H](CC(N)=O)NC(=O)[C@H](CO)NC(=O)[C@H](CCC(=O)O)NC(=O)[C@H](CCC(=O)O)NC(=O)[C@@H](N)C(C)C)[C@@H](C)O)C(=O)N[C@@H](CCC(N)=O)C(=O)N[C@@H](CC(C)C)C(=O)N[C@@H](CCC(=O)O)C(=O)N[C@@H](CC(C)C)C(=O)N[C@H](C(=O)N[C@@H](CCC(=O)O)C(=O)NCC(=O)O)[C@@H](C)O. The molecular weight excluding hydrogens is 1640 g/mol. The van der Waals surface area contributed by atoms with Crippen LogP contribution in [0.5, 0.6) is 0 Å². The molecule has 0 spiro atoms. The van der Waals surface area contributed by atoms with Crippen LogP contribution in [0.4, 0.5) is 0 Å². The van der Waals surface area contributed by atoms with E-state index in [0.29, 0.717) is 5.56 Å². The molecular formula is C76H120N18O30. The summed E-state index contributed by atoms with van der Waals surface area (Å²) in [6.45, 7) is 11.7. The second kappa shape index (κ2) is 55.4. The van der Waals surface area contributed by atoms with Crippen molar-refractivity contribution >= 4 is 130 Å². The number of amides is 17. The number of carbonyl (C=O) groups excluding carboxylic acids is 17. The summed E-state index contributed by atoms with van der Waals surface area (Å²) in [7, 11) is 0. The average molecular weight is 1770 g/mol. The number of rotatable bonds is 60. The normalized spacial score (nSPS) is 15.0. The summed E-state index contributed by atoms with van der Waals surface area (Å²) in [4.78, 5) is 290. The van der Waals surface area contributed by atoms with Gasteiger partial charge in [-0.25, -0.2) is 0 Å². The Bertz CT molecular complexity index is 3900. The van der Waals surface area contributed by atoms with E-state index in [-0.39, 0.29) is 25.7 Å². The molecule has 0 aliphatic carbocycles. The van der Waals surface area contributed by atoms with Crippen LogP contribution in [0.3, 0.4) is 0 Å². The molecule has 124 heavy (non-hydrogen) atoms. The second-order valence-corrected chi connectivity index (χ2v) is 31.0. The predicted octanol–water partition coefficient (Wildman–Crippen LogP) is -8.68. The van der Waals surface area contributed by atoms with Crippen LogP contribution in [0, 0.1) is 23.7 Å². The Hall–Kier alpha value is -12.6. The molecule has 0 aromatic heterocycles. The molecule has 0 unspecified atom stereocenters. The van der Waals surface area contributed by atoms with Gasteiger partial charge < -0.3 is 138 Å². The van der Waals surface area contributed by atoms with Crippen LogP contribution in [0.25, 0.3) is 0 Å². The van der Waals surface area contributed by atoms with E-state index in [2.05, 4.69) is 74.4 Å². The van der Waals surface area contributed by atoms with Crippen molar-refractivity contribution in [2.45, 2.75) is 262 Å². The molecule has 0 radical (unpaired) electrons. The number of aliphatic hydroxyl groups excluding tert-OH is 3. The summed E-state index contributed by atoms with van der Waals surface area (Å²) in [6.07, 6.45) is -12.3. The van der Waals surface area contributed by atoms with E-state index in [1.54, 1.807) is 73.6 Å². The van der Waals surface area contributed by atoms with E-state index in [0.717, 1.165) is 13.8 Å². The Morgan fingerprint density at radius 3 is 0.952 bits per heavy atom. The largest absolute Gasteiger partial charge is 0.481 e. The molecule has 1 rings (SSSR count). The van der Waals surface area contributed by atoms with Crippen LogP contribution in [-0.2, 0) is 112 Å². The third-order valence-electron chi connectivity index (χ3n) is 18.2. The monoisotopic (exact) mass is 1760 g/mol. The zero-order chi connectivity index (χ0) is 94.7. The molecule has 0 aliphatic rings. The van der Waals surface area contributed by atoms with Gasteiger partial charge in [0.1, 0.15) is 85.1 Å². The number of hydrogen-bond donors (Lipinski definition) is 26. The number of nitrogens with two attached hydrogens (primary N) is 3. The minimum atomic E-state index is -2.10. The first-order chi connectivity index (χ1) is 57.8. The van der Waals surface area contributed by atoms with Crippen LogP contribution in [-0.4, -0.2) is 288 Å². The Labute approximate surface area is 712 Å². The van der Waals surface area contributed by atoms with Gasteiger partial charge in [0.25, 0.3) is 0 Å². The number of carboxylic acid groups (broad SMARTS) is 5. The Balaban J connectivity index is 3.63. The number of hydrogen-bond acceptors (Lipinski definition) is 26. The van der Waals surface area contributed by atoms with Gasteiger partial charge in [0, 0.05) is 38.5 Å². The van der Waals surface area contributed by atoms with Gasteiger partial charge in [-0.15, -0.1) is 0 Å². The van der Waals surface area contributed by atoms with Gasteiger partial charge in [0.05, 0.1) is 37.8 Å². The molecule has 1 aromatic rings. The van der Waals surface area contributed by atoms with Crippen molar-refractivity contribution in [1.82, 2.24) is 79.8 Å². The van der Waals surface area contributed by atoms with Crippen molar-refractivity contribution in [3.63, 3.8) is 0 Å². The van der Waals surface area contributed by atoms with Crippen molar-refractivity contribution in [2.24, 2.45) is 40.9 Å². The molecule has 1 aromatic carbocycles. The first-order valence-corrected chi connectivity index (χ1v) is 39.7. The maximum absolute atomic E-state index is 14.4. The minimum absolute atomic E-state index is 0.183. The molecule has 48 heteroatoms. The number of benzene rings is 1. The fourth-order valence-electron chi connectivity index (χ4n) is 11.6. The number of carbonyl (C=O) groups is 22. The molecule has 17 amide bonds. The van der Waals surface area contributed by atoms with Crippen molar-refractivity contribution in [2.75, 3.05) is 19.7 Å². The molecule has 694 valence electrons. The third-order valence-corrected chi connectivity index (χ3v) is 18.2. The minimum Gasteiger partial charge on any atom is -0.481 e. The lowest BCUT2D eigenvalue weighted by molar-refractivity contribution is -0.140. The van der Waals surface area contributed by atoms with Crippen molar-refractivity contribution < 1.29 is 146 Å². The van der Waals surface area contributed by atoms with E-state index < -0.39 is 341 Å². The Morgan fingerprint density at radius 2 is 0.605 bits per heavy atom. The van der Waals surface area contributed by atoms with Crippen LogP contribution in [0.15, 0.2) is 30.3 Å². The Kier molecular flexibility index (Phi) is 48.9. The molecule has 29 N–H and O–H groups in total. The van der Waals surface area contributed by atoms with Gasteiger partial charge in [0.15, 0.2) is 0 Å². The van der Waals surface area contributed by atoms with E-state index in [4.69, 9.17) is 22.3 Å². The molecule has 0 saturated carbocycles. The lowest BCUT2D eigenvalue weighted by Gasteiger charge is -2.29. The molecule has 0 aliphatic heterocycles. The predicted molar refractivity (Wildman–Crippen MR) is 430 cm³/mol. The maximum Gasteiger partial charge on any atom is 0.322 e. The highest BCUT2D eigenvalue weighted by molar-refractivity contribution is 6.02. The fraction of sp³-hybridized carbons (Fsp3) is 0.632. The van der Waals surface area contributed by atoms with E-state index in [1.165, 1.54) is 12.1 Å². The van der Waals surface area contributed by atoms with Crippen LogP contribution < -0.4 is 97.0 Å². The number of primary amides is 2. The lowest BCUT2D eigenvalue weighted by atomic mass is 9.99. The van der Waals surface area contributed by atoms with Crippen LogP contribution in [0.1, 0.15) is 165 Å². The highest BCUT2D eigenvalue weighted by atomic mass is 16.4. The first kappa shape index (κ1) is 109. The van der Waals surface area contributed by atoms with Gasteiger partial charge >= 0.3 is 29.8 Å². The zero-order valence-electron chi connectivity index (χ0n) is 70.5. The van der Waals surface area contributed by atoms with Gasteiger partial charge in [-0.2, -0.15) is 0 Å². The maximum atomic E-state index is 14.4. The van der Waals surface area contributed by atoms with Crippen molar-refractivity contribution in [3.8, 4) is 0 Å². The topological polar surface area (TPSA) is 796 Å². The fourth-order valence-corrected chi connectivity index (χ4v) is 11.6. The van der Waals surface area contributed by atoms with Crippen LogP contribution in [0.2, 0.25) is 0 Å². The van der Waals surface area contributed by atoms with Crippen molar-refractivity contribution in [3.05, 3.63) is 35.9 Å². The van der Waals surface area contributed by atoms with Gasteiger partial charge in [-0.1, -0.05) is 85.7 Å². The molecule has 0 fully saturated rings. The number of carboxylic acids is 5. The van der Waals surface area contributed by atoms with Gasteiger partial charge in [-0.3, -0.25) is 105 Å². The summed E-state index contributed by atoms with van der Waals surface area (Å²) < 4.78 is 0. The van der Waals surface area contributed by atoms with E-state index in [9.17, 15) is 141 Å². The first-order valence-electron chi connectivity index (χ1n) is 39.7. The summed E-state index contributed by atoms with van der Waals surface area (Å²) in [5.74, 6) is -29.2. The lowest BCUT2D eigenvalue weighted by Crippen LogP contribution is -2.62. The molecule has 16 atom stereocenters. The number of aliphatic carboxylic acids is 5. The zero-order valence-corrected chi connectivity index (χ0v) is 70.5. The molecule has 48 nitrogen and oxygen atoms in total. The summed E-state index contributed by atoms with van der Waals surface area (Å²) in [6, 6.07) is -17.0. The summed E-state index contributed by atoms with van der Waals surface area (Å²) in [5, 5.41) is 113. The average Bonchev–Trinajstić information content (AvgIpc) is 0.854. The molecule has 0 saturated heterocycles. The smallest absolute Gasteiger partial charge is 0.322 e. The molecule has 0 bridgehead atoms. The quantitative estimate of drug-likeness (QED) is 0.0288. The summed E-state index contributed by atoms with van der Waals surface area (Å²) in [5.41, 5.74) is 17.2. The highest BCUT2D eigenvalue weighted by Crippen LogP contribution is 2.16. The standard InChI is InChI=1S/C76H120N18O30/c1-34(2)26-46(69(117)84-42(16-21-52(77)98)66(114)88-47(27-35(3)4)70(118)85-43(18-23-56(103)104)67(115)89-48(28-36(5)6)71(119)93-61(38(9)96)75(123)87-41(17-22-55(101)102)63(111)81-32-59(109)110)82-54(100)31-80-64(112)49(29-40-14-12-11-13-15-40)91-76(124)62(39(10)97)94-72(120)50(30-53(78)99)90-73(121)51(33-95)92-68(116)44(19-24-57(105)106)83-65(113)45(20-25-58(107)108)86-74(122)60(79)37(7)8/h11-15,34-39,41-51,60-62,95-97H,16-33,79H2,1-10H3,(H2,77,98)(H2,78,99)(H,80,112)(H,81,111)(H,82,100)(H,83,113)(H,84,117)(H,85,118)(H,86,122)(H,87,123)(H,88,114)(H,89,115)(H,90,121)(H,91,124)(H,92,116)(H,93,119)(H,94,120)(H,101,102)(H,103,104)(H,105,106)(H,107,108)(H,109,110)/t38-,39-,41+,42+,43+,44+,45+,46+,47+,48+,49+,50+,51+,60+,61+,62+/m1/s1. The van der Waals surface area contributed by atoms with Gasteiger partial charge in [-0.05, 0) is 94.4 Å². The van der Waals surface area contributed by atoms with Crippen molar-refractivity contribution in [1.29, 1.82) is 0 Å². The van der Waals surface area contributed by atoms with Gasteiger partial charge in [0.2, 0.25) is 100 Å². The second-order valence-electron chi connectivity index (χ2n) is 31.0. The number of nitrogens with one attached hydrogen (secondary N) is 15. The van der Waals surface area contributed by atoms with Crippen LogP contribution >= 0.6 is 0 Å². The number of aliphatic hydroxyl groups is 3. The highest BCUT2D eigenvalue weighted by Gasteiger charge is 2.40. The van der Waals surface area contributed by atoms with E-state index >= 15 is 0 Å². The molecule has 0 heterocycles.